The van der Waals surface area contributed by atoms with Crippen molar-refractivity contribution >= 4 is 23.5 Å². The number of hydrogen-bond acceptors (Lipinski definition) is 7. The highest BCUT2D eigenvalue weighted by Crippen LogP contribution is 2.17. The fourth-order valence-corrected chi connectivity index (χ4v) is 2.08. The van der Waals surface area contributed by atoms with Crippen LogP contribution in [0.4, 0.5) is 5.69 Å². The largest absolute Gasteiger partial charge is 0.481 e. The third-order valence-corrected chi connectivity index (χ3v) is 3.32. The van der Waals surface area contributed by atoms with Gasteiger partial charge in [0.25, 0.3) is 5.91 Å². The van der Waals surface area contributed by atoms with Crippen LogP contribution < -0.4 is 10.1 Å². The number of hydrogen-bond donors (Lipinski definition) is 1. The molecule has 0 heterocycles. The van der Waals surface area contributed by atoms with Crippen molar-refractivity contribution in [1.82, 2.24) is 0 Å². The first-order valence-electron chi connectivity index (χ1n) is 7.80. The number of rotatable bonds is 7. The molecule has 27 heavy (non-hydrogen) atoms. The highest BCUT2D eigenvalue weighted by atomic mass is 16.6. The number of carbonyl (C=O) groups is 3. The topological polar surface area (TPSA) is 115 Å². The molecule has 0 unspecified atom stereocenters. The molecule has 0 aromatic heterocycles. The van der Waals surface area contributed by atoms with E-state index in [9.17, 15) is 14.4 Å². The molecular weight excluding hydrogens is 352 g/mol. The van der Waals surface area contributed by atoms with Crippen LogP contribution in [-0.2, 0) is 19.1 Å². The van der Waals surface area contributed by atoms with Crippen LogP contribution in [0, 0.1) is 11.3 Å². The van der Waals surface area contributed by atoms with Gasteiger partial charge < -0.3 is 19.5 Å². The van der Waals surface area contributed by atoms with Crippen molar-refractivity contribution in [2.45, 2.75) is 0 Å². The lowest BCUT2D eigenvalue weighted by molar-refractivity contribution is -0.149. The Kier molecular flexibility index (Phi) is 6.91. The molecule has 2 rings (SSSR count). The average molecular weight is 368 g/mol. The van der Waals surface area contributed by atoms with E-state index in [1.54, 1.807) is 36.4 Å². The quantitative estimate of drug-likeness (QED) is 0.742. The van der Waals surface area contributed by atoms with Gasteiger partial charge in [0.05, 0.1) is 23.9 Å². The number of methoxy groups -OCH3 is 1. The van der Waals surface area contributed by atoms with Gasteiger partial charge in [-0.05, 0) is 24.3 Å². The SMILES string of the molecule is COC(=O)c1ccccc1NC(=O)COC(=O)COc1ccccc1C#N. The van der Waals surface area contributed by atoms with Crippen molar-refractivity contribution in [2.75, 3.05) is 25.6 Å². The van der Waals surface area contributed by atoms with E-state index in [2.05, 4.69) is 10.1 Å². The smallest absolute Gasteiger partial charge is 0.344 e. The second-order valence-electron chi connectivity index (χ2n) is 5.14. The number of carbonyl (C=O) groups excluding carboxylic acids is 3. The number of nitrogens with zero attached hydrogens (tertiary/aromatic N) is 1. The summed E-state index contributed by atoms with van der Waals surface area (Å²) in [7, 11) is 1.23. The standard InChI is InChI=1S/C19H16N2O6/c1-25-19(24)14-7-3-4-8-15(14)21-17(22)11-27-18(23)12-26-16-9-5-2-6-13(16)10-20/h2-9H,11-12H2,1H3,(H,21,22). The Morgan fingerprint density at radius 1 is 1.04 bits per heavy atom. The van der Waals surface area contributed by atoms with E-state index in [1.807, 2.05) is 6.07 Å². The molecule has 0 saturated carbocycles. The van der Waals surface area contributed by atoms with Crippen LogP contribution in [0.2, 0.25) is 0 Å². The molecule has 0 saturated heterocycles. The monoisotopic (exact) mass is 368 g/mol. The Hall–Kier alpha value is -3.86. The normalized spacial score (nSPS) is 9.63. The third kappa shape index (κ3) is 5.57. The van der Waals surface area contributed by atoms with Crippen LogP contribution in [0.15, 0.2) is 48.5 Å². The molecule has 0 radical (unpaired) electrons. The number of ether oxygens (including phenoxy) is 3. The van der Waals surface area contributed by atoms with Crippen molar-refractivity contribution in [3.05, 3.63) is 59.7 Å². The summed E-state index contributed by atoms with van der Waals surface area (Å²) in [5.74, 6) is -1.77. The lowest BCUT2D eigenvalue weighted by Gasteiger charge is -2.10. The fraction of sp³-hybridized carbons (Fsp3) is 0.158. The number of para-hydroxylation sites is 2. The maximum Gasteiger partial charge on any atom is 0.344 e. The summed E-state index contributed by atoms with van der Waals surface area (Å²) in [4.78, 5) is 35.3. The molecule has 0 atom stereocenters. The van der Waals surface area contributed by atoms with Gasteiger partial charge in [-0.15, -0.1) is 0 Å². The molecule has 2 aromatic carbocycles. The van der Waals surface area contributed by atoms with Crippen LogP contribution in [0.5, 0.6) is 5.75 Å². The van der Waals surface area contributed by atoms with E-state index < -0.39 is 31.1 Å². The molecule has 8 nitrogen and oxygen atoms in total. The summed E-state index contributed by atoms with van der Waals surface area (Å²) in [5, 5.41) is 11.4. The predicted octanol–water partition coefficient (Wildman–Crippen LogP) is 1.91. The zero-order valence-electron chi connectivity index (χ0n) is 14.4. The van der Waals surface area contributed by atoms with E-state index in [-0.39, 0.29) is 22.6 Å². The van der Waals surface area contributed by atoms with Gasteiger partial charge in [-0.3, -0.25) is 4.79 Å². The number of amides is 1. The minimum Gasteiger partial charge on any atom is -0.481 e. The Labute approximate surface area is 155 Å². The highest BCUT2D eigenvalue weighted by molar-refractivity contribution is 6.01. The minimum atomic E-state index is -0.779. The van der Waals surface area contributed by atoms with Crippen molar-refractivity contribution in [2.24, 2.45) is 0 Å². The molecular formula is C19H16N2O6. The Balaban J connectivity index is 1.85. The molecule has 1 amide bonds. The summed E-state index contributed by atoms with van der Waals surface area (Å²) in [6.45, 7) is -1.01. The number of anilines is 1. The molecule has 0 spiro atoms. The van der Waals surface area contributed by atoms with E-state index in [0.717, 1.165) is 0 Å². The Morgan fingerprint density at radius 3 is 2.48 bits per heavy atom. The molecule has 0 aliphatic carbocycles. The van der Waals surface area contributed by atoms with Gasteiger partial charge in [-0.1, -0.05) is 24.3 Å². The van der Waals surface area contributed by atoms with Gasteiger partial charge in [0.1, 0.15) is 11.8 Å². The van der Waals surface area contributed by atoms with Crippen molar-refractivity contribution < 1.29 is 28.6 Å². The van der Waals surface area contributed by atoms with Crippen LogP contribution in [0.25, 0.3) is 0 Å². The Morgan fingerprint density at radius 2 is 1.74 bits per heavy atom. The molecule has 138 valence electrons. The van der Waals surface area contributed by atoms with Gasteiger partial charge in [-0.2, -0.15) is 5.26 Å². The molecule has 0 fully saturated rings. The molecule has 2 aromatic rings. The fourth-order valence-electron chi connectivity index (χ4n) is 2.08. The van der Waals surface area contributed by atoms with Crippen molar-refractivity contribution in [3.63, 3.8) is 0 Å². The first kappa shape index (κ1) is 19.5. The molecule has 0 aliphatic rings. The lowest BCUT2D eigenvalue weighted by Crippen LogP contribution is -2.24. The maximum atomic E-state index is 11.9. The number of nitriles is 1. The summed E-state index contributed by atoms with van der Waals surface area (Å²) in [6, 6.07) is 14.6. The summed E-state index contributed by atoms with van der Waals surface area (Å²) in [6.07, 6.45) is 0. The second-order valence-corrected chi connectivity index (χ2v) is 5.14. The van der Waals surface area contributed by atoms with Gasteiger partial charge in [0.15, 0.2) is 13.2 Å². The molecule has 8 heteroatoms. The van der Waals surface area contributed by atoms with Gasteiger partial charge >= 0.3 is 11.9 Å². The van der Waals surface area contributed by atoms with Crippen molar-refractivity contribution in [1.29, 1.82) is 5.26 Å². The number of esters is 2. The second kappa shape index (κ2) is 9.58. The van der Waals surface area contributed by atoms with Gasteiger partial charge in [0.2, 0.25) is 0 Å². The van der Waals surface area contributed by atoms with Gasteiger partial charge in [-0.25, -0.2) is 9.59 Å². The van der Waals surface area contributed by atoms with Crippen LogP contribution in [0.3, 0.4) is 0 Å². The van der Waals surface area contributed by atoms with Gasteiger partial charge in [0, 0.05) is 0 Å². The highest BCUT2D eigenvalue weighted by Gasteiger charge is 2.15. The summed E-state index contributed by atoms with van der Waals surface area (Å²) < 4.78 is 14.7. The zero-order chi connectivity index (χ0) is 19.6. The van der Waals surface area contributed by atoms with Crippen LogP contribution >= 0.6 is 0 Å². The zero-order valence-corrected chi connectivity index (χ0v) is 14.4. The molecule has 0 aliphatic heterocycles. The molecule has 1 N–H and O–H groups in total. The lowest BCUT2D eigenvalue weighted by atomic mass is 10.2. The Bertz CT molecular complexity index is 888. The van der Waals surface area contributed by atoms with Crippen LogP contribution in [-0.4, -0.2) is 38.2 Å². The summed E-state index contributed by atoms with van der Waals surface area (Å²) >= 11 is 0. The average Bonchev–Trinajstić information content (AvgIpc) is 2.70. The van der Waals surface area contributed by atoms with Crippen molar-refractivity contribution in [3.8, 4) is 11.8 Å². The number of nitrogens with one attached hydrogen (secondary N) is 1. The molecule has 0 bridgehead atoms. The van der Waals surface area contributed by atoms with E-state index in [4.69, 9.17) is 14.7 Å². The van der Waals surface area contributed by atoms with Crippen LogP contribution in [0.1, 0.15) is 15.9 Å². The van der Waals surface area contributed by atoms with E-state index in [0.29, 0.717) is 0 Å². The first-order valence-corrected chi connectivity index (χ1v) is 7.80. The number of benzene rings is 2. The summed E-state index contributed by atoms with van der Waals surface area (Å²) in [5.41, 5.74) is 0.697. The maximum absolute atomic E-state index is 11.9. The first-order chi connectivity index (χ1) is 13.0. The van der Waals surface area contributed by atoms with E-state index in [1.165, 1.54) is 19.2 Å². The third-order valence-electron chi connectivity index (χ3n) is 3.32. The predicted molar refractivity (Wildman–Crippen MR) is 94.0 cm³/mol. The van der Waals surface area contributed by atoms with E-state index >= 15 is 0 Å². The minimum absolute atomic E-state index is 0.177.